The molecule has 0 spiro atoms. The Balaban J connectivity index is 1.43. The number of nitrogens with zero attached hydrogens (tertiary/aromatic N) is 1. The lowest BCUT2D eigenvalue weighted by Gasteiger charge is -2.23. The molecule has 0 bridgehead atoms. The average molecular weight is 543 g/mol. The highest BCUT2D eigenvalue weighted by molar-refractivity contribution is 8.26. The Kier molecular flexibility index (Phi) is 5.99. The fourth-order valence-corrected chi connectivity index (χ4v) is 6.61. The van der Waals surface area contributed by atoms with E-state index < -0.39 is 17.9 Å². The van der Waals surface area contributed by atoms with Crippen LogP contribution in [0.4, 0.5) is 0 Å². The van der Waals surface area contributed by atoms with Gasteiger partial charge in [-0.1, -0.05) is 102 Å². The zero-order chi connectivity index (χ0) is 25.7. The van der Waals surface area contributed by atoms with E-state index in [0.29, 0.717) is 9.93 Å². The first-order valence-corrected chi connectivity index (χ1v) is 13.2. The molecule has 5 aromatic rings. The van der Waals surface area contributed by atoms with Gasteiger partial charge >= 0.3 is 5.97 Å². The minimum atomic E-state index is -1.13. The number of nitrogens with one attached hydrogen (secondary N) is 1. The van der Waals surface area contributed by atoms with Gasteiger partial charge in [0.15, 0.2) is 0 Å². The SMILES string of the molecule is O=C(O)[C@@H](Cc1c[nH]c2ccccc12)N1C(=O)/C(=C/c2c3ccccc3c(Cl)c3ccccc23)SC1=S. The molecular formula is C29H19ClN2O3S2. The number of hydrogen-bond donors (Lipinski definition) is 2. The number of para-hydroxylation sites is 1. The highest BCUT2D eigenvalue weighted by Gasteiger charge is 2.41. The van der Waals surface area contributed by atoms with Crippen molar-refractivity contribution < 1.29 is 14.7 Å². The van der Waals surface area contributed by atoms with Crippen LogP contribution in [0, 0.1) is 0 Å². The van der Waals surface area contributed by atoms with E-state index in [1.54, 1.807) is 6.20 Å². The average Bonchev–Trinajstić information content (AvgIpc) is 3.44. The molecule has 2 N–H and O–H groups in total. The number of benzene rings is 4. The number of halogens is 1. The monoisotopic (exact) mass is 542 g/mol. The number of carboxylic acid groups (broad SMARTS) is 1. The minimum absolute atomic E-state index is 0.131. The summed E-state index contributed by atoms with van der Waals surface area (Å²) < 4.78 is 0.228. The number of thioether (sulfide) groups is 1. The number of aliphatic carboxylic acids is 1. The molecule has 2 heterocycles. The number of aromatic amines is 1. The molecule has 1 saturated heterocycles. The zero-order valence-electron chi connectivity index (χ0n) is 19.3. The molecule has 5 nitrogen and oxygen atoms in total. The molecule has 0 radical (unpaired) electrons. The van der Waals surface area contributed by atoms with Crippen LogP contribution in [0.1, 0.15) is 11.1 Å². The van der Waals surface area contributed by atoms with E-state index in [0.717, 1.165) is 55.3 Å². The molecule has 0 saturated carbocycles. The normalized spacial score (nSPS) is 15.9. The number of aromatic nitrogens is 1. The number of carbonyl (C=O) groups excluding carboxylic acids is 1. The van der Waals surface area contributed by atoms with Crippen LogP contribution in [0.15, 0.2) is 83.9 Å². The van der Waals surface area contributed by atoms with Crippen LogP contribution in [0.25, 0.3) is 38.5 Å². The molecule has 1 aliphatic rings. The third-order valence-corrected chi connectivity index (χ3v) is 8.43. The molecule has 1 fully saturated rings. The van der Waals surface area contributed by atoms with E-state index in [-0.39, 0.29) is 10.7 Å². The van der Waals surface area contributed by atoms with Gasteiger partial charge < -0.3 is 10.1 Å². The Morgan fingerprint density at radius 1 is 0.973 bits per heavy atom. The Morgan fingerprint density at radius 3 is 2.16 bits per heavy atom. The summed E-state index contributed by atoms with van der Waals surface area (Å²) in [7, 11) is 0. The van der Waals surface area contributed by atoms with Gasteiger partial charge in [0, 0.05) is 34.3 Å². The summed E-state index contributed by atoms with van der Waals surface area (Å²) in [6.45, 7) is 0. The Hall–Kier alpha value is -3.65. The van der Waals surface area contributed by atoms with Crippen LogP contribution < -0.4 is 0 Å². The second kappa shape index (κ2) is 9.34. The topological polar surface area (TPSA) is 73.4 Å². The molecule has 4 aromatic carbocycles. The van der Waals surface area contributed by atoms with E-state index in [1.807, 2.05) is 78.9 Å². The van der Waals surface area contributed by atoms with Crippen LogP contribution in [-0.4, -0.2) is 37.2 Å². The van der Waals surface area contributed by atoms with E-state index in [9.17, 15) is 14.7 Å². The second-order valence-electron chi connectivity index (χ2n) is 8.79. The molecule has 182 valence electrons. The molecule has 37 heavy (non-hydrogen) atoms. The lowest BCUT2D eigenvalue weighted by atomic mass is 9.96. The third-order valence-electron chi connectivity index (χ3n) is 6.69. The van der Waals surface area contributed by atoms with Crippen LogP contribution in [0.5, 0.6) is 0 Å². The molecule has 1 aromatic heterocycles. The van der Waals surface area contributed by atoms with Crippen molar-refractivity contribution in [3.8, 4) is 0 Å². The van der Waals surface area contributed by atoms with Crippen LogP contribution in [0.3, 0.4) is 0 Å². The Labute approximate surface area is 226 Å². The maximum Gasteiger partial charge on any atom is 0.327 e. The molecule has 1 atom stereocenters. The van der Waals surface area contributed by atoms with Crippen molar-refractivity contribution >= 4 is 90.3 Å². The quantitative estimate of drug-likeness (QED) is 0.142. The van der Waals surface area contributed by atoms with Crippen LogP contribution >= 0.6 is 35.6 Å². The predicted molar refractivity (Wildman–Crippen MR) is 155 cm³/mol. The summed E-state index contributed by atoms with van der Waals surface area (Å²) in [6.07, 6.45) is 3.73. The fourth-order valence-electron chi connectivity index (χ4n) is 4.94. The molecule has 1 amide bonds. The van der Waals surface area contributed by atoms with Crippen molar-refractivity contribution in [2.24, 2.45) is 0 Å². The highest BCUT2D eigenvalue weighted by Crippen LogP contribution is 2.40. The van der Waals surface area contributed by atoms with E-state index in [1.165, 1.54) is 4.90 Å². The molecule has 1 aliphatic heterocycles. The van der Waals surface area contributed by atoms with Crippen molar-refractivity contribution in [1.82, 2.24) is 9.88 Å². The second-order valence-corrected chi connectivity index (χ2v) is 10.8. The van der Waals surface area contributed by atoms with Gasteiger partial charge in [-0.2, -0.15) is 0 Å². The van der Waals surface area contributed by atoms with Gasteiger partial charge in [-0.3, -0.25) is 9.69 Å². The van der Waals surface area contributed by atoms with Crippen molar-refractivity contribution in [3.05, 3.63) is 100 Å². The minimum Gasteiger partial charge on any atom is -0.480 e. The predicted octanol–water partition coefficient (Wildman–Crippen LogP) is 7.02. The van der Waals surface area contributed by atoms with Crippen molar-refractivity contribution in [1.29, 1.82) is 0 Å². The maximum absolute atomic E-state index is 13.6. The van der Waals surface area contributed by atoms with Crippen molar-refractivity contribution in [2.45, 2.75) is 12.5 Å². The number of hydrogen-bond acceptors (Lipinski definition) is 4. The number of carbonyl (C=O) groups is 2. The molecular weight excluding hydrogens is 524 g/mol. The first kappa shape index (κ1) is 23.7. The summed E-state index contributed by atoms with van der Waals surface area (Å²) in [5.41, 5.74) is 2.57. The van der Waals surface area contributed by atoms with Gasteiger partial charge in [0.05, 0.1) is 9.93 Å². The Bertz CT molecular complexity index is 1740. The number of H-pyrrole nitrogens is 1. The van der Waals surface area contributed by atoms with Gasteiger partial charge in [-0.15, -0.1) is 0 Å². The summed E-state index contributed by atoms with van der Waals surface area (Å²) in [6, 6.07) is 22.1. The number of amides is 1. The van der Waals surface area contributed by atoms with Crippen molar-refractivity contribution in [3.63, 3.8) is 0 Å². The van der Waals surface area contributed by atoms with Gasteiger partial charge in [-0.25, -0.2) is 4.79 Å². The van der Waals surface area contributed by atoms with E-state index in [4.69, 9.17) is 23.8 Å². The Morgan fingerprint density at radius 2 is 1.54 bits per heavy atom. The van der Waals surface area contributed by atoms with Gasteiger partial charge in [0.2, 0.25) is 0 Å². The summed E-state index contributed by atoms with van der Waals surface area (Å²) in [5.74, 6) is -1.52. The summed E-state index contributed by atoms with van der Waals surface area (Å²) >= 11 is 13.4. The number of rotatable bonds is 5. The van der Waals surface area contributed by atoms with Gasteiger partial charge in [0.1, 0.15) is 10.4 Å². The lowest BCUT2D eigenvalue weighted by Crippen LogP contribution is -2.45. The standard InChI is InChI=1S/C29H19ClN2O3S2/c30-26-20-10-3-1-8-18(20)22(19-9-2-4-11-21(19)26)14-25-27(33)32(29(36)37-25)24(28(34)35)13-16-15-31-23-12-6-5-7-17(16)23/h1-12,14-15,24,31H,13H2,(H,34,35)/b25-14-/t24-/m1/s1. The van der Waals surface area contributed by atoms with Crippen LogP contribution in [-0.2, 0) is 16.0 Å². The van der Waals surface area contributed by atoms with Crippen LogP contribution in [0.2, 0.25) is 5.02 Å². The van der Waals surface area contributed by atoms with E-state index in [2.05, 4.69) is 4.98 Å². The highest BCUT2D eigenvalue weighted by atomic mass is 35.5. The smallest absolute Gasteiger partial charge is 0.327 e. The van der Waals surface area contributed by atoms with Gasteiger partial charge in [0.25, 0.3) is 5.91 Å². The molecule has 0 aliphatic carbocycles. The lowest BCUT2D eigenvalue weighted by molar-refractivity contribution is -0.145. The fraction of sp³-hybridized carbons (Fsp3) is 0.0690. The first-order chi connectivity index (χ1) is 17.9. The first-order valence-electron chi connectivity index (χ1n) is 11.6. The molecule has 0 unspecified atom stereocenters. The third kappa shape index (κ3) is 4.00. The number of carboxylic acids is 1. The van der Waals surface area contributed by atoms with Crippen molar-refractivity contribution in [2.75, 3.05) is 0 Å². The van der Waals surface area contributed by atoms with Gasteiger partial charge in [-0.05, 0) is 34.0 Å². The maximum atomic E-state index is 13.6. The number of fused-ring (bicyclic) bond motifs is 3. The number of thiocarbonyl (C=S) groups is 1. The molecule has 6 rings (SSSR count). The molecule has 8 heteroatoms. The largest absolute Gasteiger partial charge is 0.480 e. The summed E-state index contributed by atoms with van der Waals surface area (Å²) in [4.78, 5) is 30.8. The zero-order valence-corrected chi connectivity index (χ0v) is 21.7. The summed E-state index contributed by atoms with van der Waals surface area (Å²) in [5, 5.41) is 15.3. The van der Waals surface area contributed by atoms with E-state index >= 15 is 0 Å².